The number of pyridine rings is 1. The molecule has 0 aliphatic heterocycles. The number of aromatic nitrogens is 1. The van der Waals surface area contributed by atoms with Gasteiger partial charge in [-0.25, -0.2) is 13.1 Å². The van der Waals surface area contributed by atoms with Gasteiger partial charge in [0.25, 0.3) is 0 Å². The summed E-state index contributed by atoms with van der Waals surface area (Å²) in [6.07, 6.45) is 2.73. The van der Waals surface area contributed by atoms with Gasteiger partial charge in [0.1, 0.15) is 4.90 Å². The highest BCUT2D eigenvalue weighted by Gasteiger charge is 2.11. The summed E-state index contributed by atoms with van der Waals surface area (Å²) in [6.45, 7) is 0.150. The van der Waals surface area contributed by atoms with Crippen LogP contribution < -0.4 is 4.72 Å². The minimum Gasteiger partial charge on any atom is -0.263 e. The normalized spacial score (nSPS) is 10.7. The van der Waals surface area contributed by atoms with Crippen LogP contribution in [0.2, 0.25) is 0 Å². The van der Waals surface area contributed by atoms with Crippen molar-refractivity contribution in [2.75, 3.05) is 13.1 Å². The molecule has 0 bridgehead atoms. The van der Waals surface area contributed by atoms with Crippen molar-refractivity contribution >= 4 is 10.0 Å². The highest BCUT2D eigenvalue weighted by Crippen LogP contribution is 2.04. The molecule has 1 aromatic heterocycles. The molecule has 0 aliphatic carbocycles. The second kappa shape index (κ2) is 5.30. The molecule has 0 aliphatic rings. The Bertz CT molecular complexity index is 452. The van der Waals surface area contributed by atoms with E-state index in [-0.39, 0.29) is 18.0 Å². The van der Waals surface area contributed by atoms with E-state index in [0.717, 1.165) is 0 Å². The van der Waals surface area contributed by atoms with Crippen molar-refractivity contribution in [2.45, 2.75) is 4.90 Å². The molecule has 8 heteroatoms. The number of nitrogens with zero attached hydrogens (tertiary/aromatic N) is 4. The monoisotopic (exact) mass is 227 g/mol. The predicted molar refractivity (Wildman–Crippen MR) is 53.4 cm³/mol. The molecule has 1 heterocycles. The molecule has 0 radical (unpaired) electrons. The third kappa shape index (κ3) is 3.55. The highest BCUT2D eigenvalue weighted by atomic mass is 32.2. The Kier molecular flexibility index (Phi) is 4.04. The number of hydrogen-bond acceptors (Lipinski definition) is 4. The number of rotatable bonds is 5. The van der Waals surface area contributed by atoms with Crippen molar-refractivity contribution in [1.82, 2.24) is 9.71 Å². The van der Waals surface area contributed by atoms with Crippen LogP contribution in [0.4, 0.5) is 0 Å². The first-order valence-electron chi connectivity index (χ1n) is 4.07. The van der Waals surface area contributed by atoms with E-state index >= 15 is 0 Å². The lowest BCUT2D eigenvalue weighted by molar-refractivity contribution is 0.581. The van der Waals surface area contributed by atoms with E-state index < -0.39 is 10.0 Å². The van der Waals surface area contributed by atoms with E-state index in [0.29, 0.717) is 0 Å². The summed E-state index contributed by atoms with van der Waals surface area (Å²) in [7, 11) is -3.54. The van der Waals surface area contributed by atoms with Crippen molar-refractivity contribution < 1.29 is 8.42 Å². The first kappa shape index (κ1) is 11.4. The second-order valence-electron chi connectivity index (χ2n) is 2.54. The average molecular weight is 227 g/mol. The number of hydrogen-bond donors (Lipinski definition) is 1. The molecule has 15 heavy (non-hydrogen) atoms. The van der Waals surface area contributed by atoms with E-state index in [1.54, 1.807) is 0 Å². The maximum absolute atomic E-state index is 11.5. The Morgan fingerprint density at radius 2 is 2.40 bits per heavy atom. The lowest BCUT2D eigenvalue weighted by Crippen LogP contribution is -2.26. The van der Waals surface area contributed by atoms with E-state index in [1.807, 2.05) is 0 Å². The van der Waals surface area contributed by atoms with E-state index in [9.17, 15) is 8.42 Å². The van der Waals surface area contributed by atoms with Crippen LogP contribution in [0.15, 0.2) is 34.5 Å². The summed E-state index contributed by atoms with van der Waals surface area (Å²) in [6, 6.07) is 2.96. The molecule has 0 unspecified atom stereocenters. The maximum Gasteiger partial charge on any atom is 0.242 e. The number of nitrogens with one attached hydrogen (secondary N) is 1. The molecule has 0 saturated carbocycles. The molecule has 0 amide bonds. The van der Waals surface area contributed by atoms with Gasteiger partial charge >= 0.3 is 0 Å². The molecule has 80 valence electrons. The van der Waals surface area contributed by atoms with Crippen molar-refractivity contribution in [3.63, 3.8) is 0 Å². The van der Waals surface area contributed by atoms with Crippen molar-refractivity contribution in [3.05, 3.63) is 35.0 Å². The first-order valence-corrected chi connectivity index (χ1v) is 5.55. The Labute approximate surface area is 86.8 Å². The summed E-state index contributed by atoms with van der Waals surface area (Å²) in [5, 5.41) is 3.21. The smallest absolute Gasteiger partial charge is 0.242 e. The van der Waals surface area contributed by atoms with Gasteiger partial charge in [0.15, 0.2) is 0 Å². The van der Waals surface area contributed by atoms with Crippen LogP contribution >= 0.6 is 0 Å². The zero-order chi connectivity index (χ0) is 11.1. The molecule has 1 aromatic rings. The fourth-order valence-electron chi connectivity index (χ4n) is 0.864. The van der Waals surface area contributed by atoms with Gasteiger partial charge in [-0.05, 0) is 17.7 Å². The molecule has 0 saturated heterocycles. The summed E-state index contributed by atoms with van der Waals surface area (Å²) in [5.74, 6) is 0. The lowest BCUT2D eigenvalue weighted by atomic mass is 10.5. The van der Waals surface area contributed by atoms with Crippen LogP contribution in [-0.2, 0) is 10.0 Å². The molecule has 7 nitrogen and oxygen atoms in total. The third-order valence-corrected chi connectivity index (χ3v) is 2.96. The molecule has 0 aromatic carbocycles. The maximum atomic E-state index is 11.5. The van der Waals surface area contributed by atoms with Gasteiger partial charge in [-0.1, -0.05) is 5.11 Å². The quantitative estimate of drug-likeness (QED) is 0.345. The molecule has 0 fully saturated rings. The molecule has 1 rings (SSSR count). The zero-order valence-electron chi connectivity index (χ0n) is 7.74. The standard InChI is InChI=1S/C7H9N5O2S/c8-12-10-4-5-11-15(13,14)7-2-1-3-9-6-7/h1-3,6,11H,4-5H2. The van der Waals surface area contributed by atoms with E-state index in [2.05, 4.69) is 19.7 Å². The van der Waals surface area contributed by atoms with E-state index in [1.165, 1.54) is 24.5 Å². The van der Waals surface area contributed by atoms with Crippen LogP contribution in [0, 0.1) is 0 Å². The fourth-order valence-corrected chi connectivity index (χ4v) is 1.85. The summed E-state index contributed by atoms with van der Waals surface area (Å²) in [5.41, 5.74) is 7.98. The lowest BCUT2D eigenvalue weighted by Gasteiger charge is -2.03. The minimum absolute atomic E-state index is 0.0707. The molecule has 0 atom stereocenters. The average Bonchev–Trinajstić information content (AvgIpc) is 2.26. The predicted octanol–water partition coefficient (Wildman–Crippen LogP) is 0.670. The van der Waals surface area contributed by atoms with Gasteiger partial charge in [0.05, 0.1) is 0 Å². The largest absolute Gasteiger partial charge is 0.263 e. The van der Waals surface area contributed by atoms with Crippen molar-refractivity contribution in [2.24, 2.45) is 5.11 Å². The topological polar surface area (TPSA) is 108 Å². The van der Waals surface area contributed by atoms with Crippen LogP contribution in [0.3, 0.4) is 0 Å². The Hall–Kier alpha value is -1.63. The second-order valence-corrected chi connectivity index (χ2v) is 4.31. The summed E-state index contributed by atoms with van der Waals surface area (Å²) in [4.78, 5) is 6.29. The Balaban J connectivity index is 2.64. The molecule has 0 spiro atoms. The zero-order valence-corrected chi connectivity index (χ0v) is 8.55. The van der Waals surface area contributed by atoms with Gasteiger partial charge < -0.3 is 0 Å². The van der Waals surface area contributed by atoms with Gasteiger partial charge in [0, 0.05) is 30.4 Å². The molecular formula is C7H9N5O2S. The van der Waals surface area contributed by atoms with Gasteiger partial charge in [-0.2, -0.15) is 0 Å². The van der Waals surface area contributed by atoms with Crippen molar-refractivity contribution in [1.29, 1.82) is 0 Å². The fraction of sp³-hybridized carbons (Fsp3) is 0.286. The van der Waals surface area contributed by atoms with Crippen molar-refractivity contribution in [3.8, 4) is 0 Å². The van der Waals surface area contributed by atoms with Gasteiger partial charge in [0.2, 0.25) is 10.0 Å². The Morgan fingerprint density at radius 1 is 1.60 bits per heavy atom. The van der Waals surface area contributed by atoms with Crippen LogP contribution in [0.25, 0.3) is 10.4 Å². The number of azide groups is 1. The SMILES string of the molecule is [N-]=[N+]=NCCNS(=O)(=O)c1cccnc1. The summed E-state index contributed by atoms with van der Waals surface area (Å²) < 4.78 is 25.3. The summed E-state index contributed by atoms with van der Waals surface area (Å²) >= 11 is 0. The van der Waals surface area contributed by atoms with Gasteiger partial charge in [-0.15, -0.1) is 0 Å². The highest BCUT2D eigenvalue weighted by molar-refractivity contribution is 7.89. The molecular weight excluding hydrogens is 218 g/mol. The van der Waals surface area contributed by atoms with Crippen LogP contribution in [-0.4, -0.2) is 26.5 Å². The Morgan fingerprint density at radius 3 is 3.00 bits per heavy atom. The van der Waals surface area contributed by atoms with Crippen LogP contribution in [0.5, 0.6) is 0 Å². The minimum atomic E-state index is -3.54. The van der Waals surface area contributed by atoms with E-state index in [4.69, 9.17) is 5.53 Å². The number of sulfonamides is 1. The first-order chi connectivity index (χ1) is 7.17. The van der Waals surface area contributed by atoms with Gasteiger partial charge in [-0.3, -0.25) is 4.98 Å². The third-order valence-electron chi connectivity index (χ3n) is 1.51. The van der Waals surface area contributed by atoms with Crippen LogP contribution in [0.1, 0.15) is 0 Å². The molecule has 1 N–H and O–H groups in total.